The number of hydrogen-bond acceptors (Lipinski definition) is 7. The van der Waals surface area contributed by atoms with Crippen LogP contribution < -0.4 is 11.2 Å². The van der Waals surface area contributed by atoms with Gasteiger partial charge in [-0.1, -0.05) is 60.7 Å². The van der Waals surface area contributed by atoms with E-state index in [1.54, 1.807) is 6.92 Å². The monoisotopic (exact) mass is 494 g/mol. The number of hydrogen-bond donors (Lipinski definition) is 1. The summed E-state index contributed by atoms with van der Waals surface area (Å²) in [6, 6.07) is 19.4. The van der Waals surface area contributed by atoms with Gasteiger partial charge in [0, 0.05) is 18.7 Å². The Balaban J connectivity index is 1.56. The summed E-state index contributed by atoms with van der Waals surface area (Å²) in [6.07, 6.45) is -0.894. The summed E-state index contributed by atoms with van der Waals surface area (Å²) in [5, 5.41) is 0. The van der Waals surface area contributed by atoms with E-state index in [2.05, 4.69) is 4.98 Å². The van der Waals surface area contributed by atoms with Gasteiger partial charge in [0.25, 0.3) is 5.56 Å². The Morgan fingerprint density at radius 3 is 2.11 bits per heavy atom. The summed E-state index contributed by atoms with van der Waals surface area (Å²) >= 11 is 0. The second-order valence-corrected chi connectivity index (χ2v) is 8.78. The fourth-order valence-corrected chi connectivity index (χ4v) is 4.24. The van der Waals surface area contributed by atoms with E-state index in [1.165, 1.54) is 17.7 Å². The highest BCUT2D eigenvalue weighted by Crippen LogP contribution is 2.36. The van der Waals surface area contributed by atoms with Gasteiger partial charge >= 0.3 is 11.7 Å². The van der Waals surface area contributed by atoms with Gasteiger partial charge in [-0.05, 0) is 18.1 Å². The number of carbonyl (C=O) groups excluding carboxylic acids is 1. The van der Waals surface area contributed by atoms with Crippen molar-refractivity contribution in [3.63, 3.8) is 0 Å². The van der Waals surface area contributed by atoms with E-state index < -0.39 is 41.6 Å². The molecule has 36 heavy (non-hydrogen) atoms. The lowest BCUT2D eigenvalue weighted by Gasteiger charge is -2.24. The van der Waals surface area contributed by atoms with Crippen molar-refractivity contribution in [3.8, 4) is 0 Å². The second kappa shape index (κ2) is 11.9. The smallest absolute Gasteiger partial charge is 0.330 e. The van der Waals surface area contributed by atoms with Gasteiger partial charge in [0.05, 0.1) is 38.4 Å². The van der Waals surface area contributed by atoms with Crippen LogP contribution in [-0.2, 0) is 37.0 Å². The Hall–Kier alpha value is -3.53. The van der Waals surface area contributed by atoms with Crippen LogP contribution in [0.1, 0.15) is 29.8 Å². The lowest BCUT2D eigenvalue weighted by Crippen LogP contribution is -2.40. The molecule has 1 aromatic heterocycles. The van der Waals surface area contributed by atoms with E-state index in [1.807, 2.05) is 60.7 Å². The van der Waals surface area contributed by atoms with Gasteiger partial charge in [0.15, 0.2) is 12.3 Å². The van der Waals surface area contributed by atoms with Crippen LogP contribution in [0.5, 0.6) is 0 Å². The highest BCUT2D eigenvalue weighted by Gasteiger charge is 2.48. The number of ether oxygens (including phenoxy) is 4. The number of nitrogens with zero attached hydrogens (tertiary/aromatic N) is 1. The van der Waals surface area contributed by atoms with Crippen LogP contribution in [0, 0.1) is 12.8 Å². The van der Waals surface area contributed by atoms with Crippen LogP contribution in [0.25, 0.3) is 0 Å². The number of carbonyl (C=O) groups is 1. The highest BCUT2D eigenvalue weighted by molar-refractivity contribution is 5.66. The molecule has 2 heterocycles. The highest BCUT2D eigenvalue weighted by atomic mass is 16.6. The third-order valence-electron chi connectivity index (χ3n) is 6.03. The molecule has 190 valence electrons. The largest absolute Gasteiger partial charge is 0.457 e. The molecule has 3 aromatic rings. The molecule has 9 nitrogen and oxygen atoms in total. The molecule has 1 fully saturated rings. The van der Waals surface area contributed by atoms with Crippen molar-refractivity contribution in [2.45, 2.75) is 45.5 Å². The lowest BCUT2D eigenvalue weighted by molar-refractivity contribution is -0.155. The van der Waals surface area contributed by atoms with Crippen LogP contribution in [0.3, 0.4) is 0 Å². The van der Waals surface area contributed by atoms with Crippen LogP contribution >= 0.6 is 0 Å². The summed E-state index contributed by atoms with van der Waals surface area (Å²) in [6.45, 7) is 4.03. The number of rotatable bonds is 10. The van der Waals surface area contributed by atoms with Crippen molar-refractivity contribution in [2.75, 3.05) is 13.2 Å². The SMILES string of the molecule is CC(=O)O[C@@H]1[C@H](COCc2ccccc2)[C@@H](COCc2ccccc2)O[C@@H]1n1cc(C)c(=O)[nH]c1=O. The van der Waals surface area contributed by atoms with Gasteiger partial charge in [-0.15, -0.1) is 0 Å². The van der Waals surface area contributed by atoms with Crippen molar-refractivity contribution in [1.29, 1.82) is 0 Å². The predicted molar refractivity (Wildman–Crippen MR) is 131 cm³/mol. The first-order chi connectivity index (χ1) is 17.4. The van der Waals surface area contributed by atoms with E-state index in [0.717, 1.165) is 11.1 Å². The van der Waals surface area contributed by atoms with Gasteiger partial charge in [0.1, 0.15) is 0 Å². The Bertz CT molecular complexity index is 1260. The Morgan fingerprint density at radius 2 is 1.53 bits per heavy atom. The molecule has 0 radical (unpaired) electrons. The van der Waals surface area contributed by atoms with Gasteiger partial charge in [-0.3, -0.25) is 19.1 Å². The molecule has 4 rings (SSSR count). The maximum atomic E-state index is 12.6. The van der Waals surface area contributed by atoms with Gasteiger partial charge in [-0.2, -0.15) is 0 Å². The number of aromatic amines is 1. The maximum absolute atomic E-state index is 12.6. The summed E-state index contributed by atoms with van der Waals surface area (Å²) in [5.74, 6) is -0.931. The first-order valence-corrected chi connectivity index (χ1v) is 11.8. The fourth-order valence-electron chi connectivity index (χ4n) is 4.24. The first kappa shape index (κ1) is 25.6. The zero-order valence-electron chi connectivity index (χ0n) is 20.3. The summed E-state index contributed by atoms with van der Waals surface area (Å²) in [5.41, 5.74) is 1.21. The van der Waals surface area contributed by atoms with E-state index in [0.29, 0.717) is 18.8 Å². The lowest BCUT2D eigenvalue weighted by atomic mass is 9.98. The molecule has 1 saturated heterocycles. The zero-order valence-corrected chi connectivity index (χ0v) is 20.3. The molecular weight excluding hydrogens is 464 g/mol. The Morgan fingerprint density at radius 1 is 0.944 bits per heavy atom. The third kappa shape index (κ3) is 6.37. The molecular formula is C27H30N2O7. The van der Waals surface area contributed by atoms with E-state index in [-0.39, 0.29) is 13.2 Å². The topological polar surface area (TPSA) is 109 Å². The molecule has 2 aromatic carbocycles. The number of aromatic nitrogens is 2. The third-order valence-corrected chi connectivity index (χ3v) is 6.03. The number of aryl methyl sites for hydroxylation is 1. The van der Waals surface area contributed by atoms with Crippen molar-refractivity contribution in [1.82, 2.24) is 9.55 Å². The molecule has 0 spiro atoms. The molecule has 0 saturated carbocycles. The van der Waals surface area contributed by atoms with Crippen LogP contribution in [0.2, 0.25) is 0 Å². The Kier molecular flexibility index (Phi) is 8.48. The minimum Gasteiger partial charge on any atom is -0.457 e. The number of benzene rings is 2. The first-order valence-electron chi connectivity index (χ1n) is 11.8. The molecule has 9 heteroatoms. The molecule has 0 bridgehead atoms. The summed E-state index contributed by atoms with van der Waals surface area (Å²) in [4.78, 5) is 38.9. The maximum Gasteiger partial charge on any atom is 0.330 e. The summed E-state index contributed by atoms with van der Waals surface area (Å²) in [7, 11) is 0. The molecule has 1 N–H and O–H groups in total. The van der Waals surface area contributed by atoms with Gasteiger partial charge in [0.2, 0.25) is 0 Å². The fraction of sp³-hybridized carbons (Fsp3) is 0.370. The van der Waals surface area contributed by atoms with Crippen molar-refractivity contribution < 1.29 is 23.7 Å². The predicted octanol–water partition coefficient (Wildman–Crippen LogP) is 2.72. The number of H-pyrrole nitrogens is 1. The van der Waals surface area contributed by atoms with Crippen molar-refractivity contribution in [2.24, 2.45) is 5.92 Å². The Labute approximate surface area is 208 Å². The van der Waals surface area contributed by atoms with Crippen LogP contribution in [-0.4, -0.2) is 40.9 Å². The minimum atomic E-state index is -0.951. The standard InChI is InChI=1S/C27H30N2O7/c1-18-13-29(27(32)28-25(18)31)26-24(35-19(2)30)22(16-33-14-20-9-5-3-6-10-20)23(36-26)17-34-15-21-11-7-4-8-12-21/h3-13,22-24,26H,14-17H2,1-2H3,(H,28,31,32)/t22-,23-,24-,26+/m1/s1. The number of nitrogens with one attached hydrogen (secondary N) is 1. The van der Waals surface area contributed by atoms with Crippen LogP contribution in [0.15, 0.2) is 76.4 Å². The van der Waals surface area contributed by atoms with Gasteiger partial charge < -0.3 is 18.9 Å². The molecule has 4 atom stereocenters. The molecule has 1 aliphatic rings. The van der Waals surface area contributed by atoms with Crippen molar-refractivity contribution in [3.05, 3.63) is 104 Å². The minimum absolute atomic E-state index is 0.194. The molecule has 1 aliphatic heterocycles. The molecule has 0 unspecified atom stereocenters. The summed E-state index contributed by atoms with van der Waals surface area (Å²) < 4.78 is 25.1. The average molecular weight is 495 g/mol. The average Bonchev–Trinajstić information content (AvgIpc) is 3.19. The normalized spacial score (nSPS) is 21.4. The number of esters is 1. The zero-order chi connectivity index (χ0) is 25.5. The van der Waals surface area contributed by atoms with Crippen LogP contribution in [0.4, 0.5) is 0 Å². The second-order valence-electron chi connectivity index (χ2n) is 8.78. The van der Waals surface area contributed by atoms with E-state index in [9.17, 15) is 14.4 Å². The van der Waals surface area contributed by atoms with Gasteiger partial charge in [-0.25, -0.2) is 4.79 Å². The van der Waals surface area contributed by atoms with E-state index in [4.69, 9.17) is 18.9 Å². The quantitative estimate of drug-likeness (QED) is 0.432. The molecule has 0 aliphatic carbocycles. The van der Waals surface area contributed by atoms with Crippen molar-refractivity contribution >= 4 is 5.97 Å². The van der Waals surface area contributed by atoms with E-state index >= 15 is 0 Å². The molecule has 0 amide bonds.